The van der Waals surface area contributed by atoms with Crippen LogP contribution in [0.4, 0.5) is 8.78 Å². The van der Waals surface area contributed by atoms with Gasteiger partial charge in [0.2, 0.25) is 0 Å². The van der Waals surface area contributed by atoms with Gasteiger partial charge >= 0.3 is 0 Å². The van der Waals surface area contributed by atoms with Gasteiger partial charge in [-0.1, -0.05) is 0 Å². The SMILES string of the molecule is COc1cc(OC)c(C(N)C(F)F)cc1OC. The highest BCUT2D eigenvalue weighted by Gasteiger charge is 2.23. The van der Waals surface area contributed by atoms with Crippen LogP contribution in [-0.2, 0) is 0 Å². The molecule has 4 nitrogen and oxygen atoms in total. The van der Waals surface area contributed by atoms with Gasteiger partial charge < -0.3 is 19.9 Å². The van der Waals surface area contributed by atoms with E-state index in [0.29, 0.717) is 11.5 Å². The van der Waals surface area contributed by atoms with E-state index in [0.717, 1.165) is 0 Å². The zero-order chi connectivity index (χ0) is 13.0. The molecule has 0 saturated heterocycles. The minimum atomic E-state index is -2.68. The molecule has 0 spiro atoms. The Hall–Kier alpha value is -1.56. The molecule has 1 rings (SSSR count). The van der Waals surface area contributed by atoms with E-state index in [-0.39, 0.29) is 11.3 Å². The van der Waals surface area contributed by atoms with Gasteiger partial charge in [0.1, 0.15) is 5.75 Å². The first kappa shape index (κ1) is 13.5. The quantitative estimate of drug-likeness (QED) is 0.864. The van der Waals surface area contributed by atoms with Crippen molar-refractivity contribution in [3.63, 3.8) is 0 Å². The third-order valence-corrected chi connectivity index (χ3v) is 2.37. The van der Waals surface area contributed by atoms with Crippen LogP contribution in [0.25, 0.3) is 0 Å². The summed E-state index contributed by atoms with van der Waals surface area (Å²) in [4.78, 5) is 0. The van der Waals surface area contributed by atoms with Crippen molar-refractivity contribution in [3.05, 3.63) is 17.7 Å². The summed E-state index contributed by atoms with van der Waals surface area (Å²) in [6.07, 6.45) is -2.68. The van der Waals surface area contributed by atoms with Gasteiger partial charge in [-0.2, -0.15) is 0 Å². The Morgan fingerprint density at radius 2 is 1.41 bits per heavy atom. The second-order valence-corrected chi connectivity index (χ2v) is 3.31. The average Bonchev–Trinajstić information content (AvgIpc) is 2.35. The Kier molecular flexibility index (Phi) is 4.51. The molecule has 1 unspecified atom stereocenters. The van der Waals surface area contributed by atoms with E-state index in [2.05, 4.69) is 0 Å². The molecule has 0 radical (unpaired) electrons. The van der Waals surface area contributed by atoms with Gasteiger partial charge in [-0.05, 0) is 6.07 Å². The molecule has 0 aliphatic rings. The Labute approximate surface area is 98.3 Å². The lowest BCUT2D eigenvalue weighted by Gasteiger charge is -2.17. The fraction of sp³-hybridized carbons (Fsp3) is 0.455. The maximum Gasteiger partial charge on any atom is 0.257 e. The number of alkyl halides is 2. The third-order valence-electron chi connectivity index (χ3n) is 2.37. The number of nitrogens with two attached hydrogens (primary N) is 1. The van der Waals surface area contributed by atoms with Crippen LogP contribution in [0, 0.1) is 0 Å². The normalized spacial score (nSPS) is 12.4. The number of rotatable bonds is 5. The molecule has 0 aromatic heterocycles. The predicted molar refractivity (Wildman–Crippen MR) is 59.0 cm³/mol. The fourth-order valence-corrected chi connectivity index (χ4v) is 1.45. The van der Waals surface area contributed by atoms with E-state index >= 15 is 0 Å². The monoisotopic (exact) mass is 247 g/mol. The van der Waals surface area contributed by atoms with E-state index < -0.39 is 12.5 Å². The summed E-state index contributed by atoms with van der Waals surface area (Å²) in [5, 5.41) is 0. The molecule has 1 aromatic rings. The van der Waals surface area contributed by atoms with Gasteiger partial charge in [-0.25, -0.2) is 8.78 Å². The molecule has 0 heterocycles. The Morgan fingerprint density at radius 1 is 0.941 bits per heavy atom. The molecule has 0 amide bonds. The van der Waals surface area contributed by atoms with Gasteiger partial charge in [0.25, 0.3) is 6.43 Å². The van der Waals surface area contributed by atoms with E-state index in [9.17, 15) is 8.78 Å². The lowest BCUT2D eigenvalue weighted by atomic mass is 10.1. The van der Waals surface area contributed by atoms with Crippen LogP contribution in [0.5, 0.6) is 17.2 Å². The molecule has 96 valence electrons. The highest BCUT2D eigenvalue weighted by molar-refractivity contribution is 5.51. The number of hydrogen-bond donors (Lipinski definition) is 1. The van der Waals surface area contributed by atoms with Crippen LogP contribution >= 0.6 is 0 Å². The molecule has 1 aromatic carbocycles. The van der Waals surface area contributed by atoms with Gasteiger partial charge in [-0.15, -0.1) is 0 Å². The van der Waals surface area contributed by atoms with Crippen LogP contribution in [-0.4, -0.2) is 27.8 Å². The minimum Gasteiger partial charge on any atom is -0.496 e. The molecule has 0 aliphatic heterocycles. The molecule has 0 saturated carbocycles. The topological polar surface area (TPSA) is 53.7 Å². The van der Waals surface area contributed by atoms with E-state index in [1.54, 1.807) is 0 Å². The Balaban J connectivity index is 3.28. The number of ether oxygens (including phenoxy) is 3. The largest absolute Gasteiger partial charge is 0.496 e. The average molecular weight is 247 g/mol. The van der Waals surface area contributed by atoms with Gasteiger partial charge in [0.15, 0.2) is 11.5 Å². The summed E-state index contributed by atoms with van der Waals surface area (Å²) in [5.41, 5.74) is 5.58. The second kappa shape index (κ2) is 5.67. The Morgan fingerprint density at radius 3 is 1.82 bits per heavy atom. The lowest BCUT2D eigenvalue weighted by Crippen LogP contribution is -2.19. The van der Waals surface area contributed by atoms with Crippen molar-refractivity contribution in [1.82, 2.24) is 0 Å². The minimum absolute atomic E-state index is 0.181. The second-order valence-electron chi connectivity index (χ2n) is 3.31. The van der Waals surface area contributed by atoms with Crippen LogP contribution in [0.1, 0.15) is 11.6 Å². The van der Waals surface area contributed by atoms with Crippen molar-refractivity contribution < 1.29 is 23.0 Å². The standard InChI is InChI=1S/C11H15F2NO3/c1-15-7-5-9(17-3)8(16-2)4-6(7)10(14)11(12)13/h4-5,10-11H,14H2,1-3H3. The van der Waals surface area contributed by atoms with E-state index in [1.165, 1.54) is 33.5 Å². The number of halogens is 2. The van der Waals surface area contributed by atoms with Gasteiger partial charge in [-0.3, -0.25) is 0 Å². The summed E-state index contributed by atoms with van der Waals surface area (Å²) in [6, 6.07) is 1.44. The number of hydrogen-bond acceptors (Lipinski definition) is 4. The maximum absolute atomic E-state index is 12.6. The van der Waals surface area contributed by atoms with Crippen molar-refractivity contribution in [2.45, 2.75) is 12.5 Å². The molecule has 0 bridgehead atoms. The smallest absolute Gasteiger partial charge is 0.257 e. The molecule has 0 aliphatic carbocycles. The van der Waals surface area contributed by atoms with Crippen molar-refractivity contribution in [3.8, 4) is 17.2 Å². The molecule has 6 heteroatoms. The van der Waals surface area contributed by atoms with Gasteiger partial charge in [0.05, 0.1) is 27.4 Å². The van der Waals surface area contributed by atoms with Crippen LogP contribution in [0.15, 0.2) is 12.1 Å². The highest BCUT2D eigenvalue weighted by Crippen LogP contribution is 2.38. The summed E-state index contributed by atoms with van der Waals surface area (Å²) in [5.74, 6) is 0.976. The molecular weight excluding hydrogens is 232 g/mol. The first-order chi connectivity index (χ1) is 8.04. The predicted octanol–water partition coefficient (Wildman–Crippen LogP) is 1.98. The summed E-state index contributed by atoms with van der Waals surface area (Å²) in [6.45, 7) is 0. The molecule has 17 heavy (non-hydrogen) atoms. The van der Waals surface area contributed by atoms with Crippen LogP contribution < -0.4 is 19.9 Å². The lowest BCUT2D eigenvalue weighted by molar-refractivity contribution is 0.115. The van der Waals surface area contributed by atoms with Gasteiger partial charge in [0, 0.05) is 11.6 Å². The van der Waals surface area contributed by atoms with E-state index in [1.807, 2.05) is 0 Å². The summed E-state index contributed by atoms with van der Waals surface area (Å²) >= 11 is 0. The highest BCUT2D eigenvalue weighted by atomic mass is 19.3. The molecular formula is C11H15F2NO3. The van der Waals surface area contributed by atoms with Crippen LogP contribution in [0.3, 0.4) is 0 Å². The van der Waals surface area contributed by atoms with Crippen molar-refractivity contribution >= 4 is 0 Å². The fourth-order valence-electron chi connectivity index (χ4n) is 1.45. The first-order valence-corrected chi connectivity index (χ1v) is 4.88. The Bertz CT molecular complexity index is 385. The summed E-state index contributed by atoms with van der Waals surface area (Å²) in [7, 11) is 4.24. The van der Waals surface area contributed by atoms with E-state index in [4.69, 9.17) is 19.9 Å². The first-order valence-electron chi connectivity index (χ1n) is 4.88. The molecule has 0 fully saturated rings. The van der Waals surface area contributed by atoms with Crippen LogP contribution in [0.2, 0.25) is 0 Å². The van der Waals surface area contributed by atoms with Crippen molar-refractivity contribution in [2.24, 2.45) is 5.73 Å². The van der Waals surface area contributed by atoms with Crippen molar-refractivity contribution in [1.29, 1.82) is 0 Å². The number of benzene rings is 1. The van der Waals surface area contributed by atoms with Crippen molar-refractivity contribution in [2.75, 3.05) is 21.3 Å². The maximum atomic E-state index is 12.6. The number of methoxy groups -OCH3 is 3. The zero-order valence-electron chi connectivity index (χ0n) is 9.87. The zero-order valence-corrected chi connectivity index (χ0v) is 9.87. The molecule has 1 atom stereocenters. The summed E-state index contributed by atoms with van der Waals surface area (Å²) < 4.78 is 40.3. The third kappa shape index (κ3) is 2.76. The molecule has 2 N–H and O–H groups in total.